The summed E-state index contributed by atoms with van der Waals surface area (Å²) < 4.78 is 2.75. The number of benzene rings is 2. The average Bonchev–Trinajstić information content (AvgIpc) is 3.16. The molecule has 2 aromatic heterocycles. The van der Waals surface area contributed by atoms with Gasteiger partial charge in [-0.2, -0.15) is 5.10 Å². The van der Waals surface area contributed by atoms with Crippen molar-refractivity contribution in [3.63, 3.8) is 0 Å². The zero-order chi connectivity index (χ0) is 21.1. The molecule has 152 valence electrons. The molecule has 0 fully saturated rings. The molecule has 6 nitrogen and oxygen atoms in total. The lowest BCUT2D eigenvalue weighted by Crippen LogP contribution is -2.14. The Labute approximate surface area is 183 Å². The number of para-hydroxylation sites is 1. The van der Waals surface area contributed by atoms with Crippen LogP contribution in [-0.2, 0) is 6.54 Å². The van der Waals surface area contributed by atoms with E-state index in [-0.39, 0.29) is 11.9 Å². The lowest BCUT2D eigenvalue weighted by atomic mass is 10.1. The van der Waals surface area contributed by atoms with Gasteiger partial charge < -0.3 is 10.6 Å². The van der Waals surface area contributed by atoms with Gasteiger partial charge >= 0.3 is 0 Å². The molecule has 0 atom stereocenters. The Balaban J connectivity index is 1.51. The third kappa shape index (κ3) is 4.36. The molecule has 0 bridgehead atoms. The van der Waals surface area contributed by atoms with E-state index in [4.69, 9.17) is 0 Å². The molecule has 7 heteroatoms. The van der Waals surface area contributed by atoms with Crippen molar-refractivity contribution in [2.24, 2.45) is 0 Å². The minimum absolute atomic E-state index is 0.162. The number of nitrogens with one attached hydrogen (secondary N) is 2. The maximum Gasteiger partial charge on any atom is 0.257 e. The Morgan fingerprint density at radius 3 is 2.77 bits per heavy atom. The molecule has 30 heavy (non-hydrogen) atoms. The Bertz CT molecular complexity index is 1200. The first kappa shape index (κ1) is 20.1. The van der Waals surface area contributed by atoms with Crippen LogP contribution in [0.25, 0.3) is 10.9 Å². The van der Waals surface area contributed by atoms with Gasteiger partial charge in [-0.05, 0) is 77.8 Å². The van der Waals surface area contributed by atoms with Gasteiger partial charge in [0.1, 0.15) is 4.60 Å². The number of carbonyl (C=O) groups excluding carboxylic acids is 1. The van der Waals surface area contributed by atoms with Crippen LogP contribution < -0.4 is 10.6 Å². The second-order valence-corrected chi connectivity index (χ2v) is 8.11. The lowest BCUT2D eigenvalue weighted by Gasteiger charge is -2.13. The summed E-state index contributed by atoms with van der Waals surface area (Å²) >= 11 is 3.38. The molecular weight excluding hydrogens is 442 g/mol. The Morgan fingerprint density at radius 1 is 1.13 bits per heavy atom. The summed E-state index contributed by atoms with van der Waals surface area (Å²) in [5.74, 6) is -0.162. The van der Waals surface area contributed by atoms with Crippen LogP contribution in [0, 0.1) is 0 Å². The topological polar surface area (TPSA) is 71.8 Å². The molecule has 0 saturated carbocycles. The van der Waals surface area contributed by atoms with E-state index in [2.05, 4.69) is 50.5 Å². The Morgan fingerprint density at radius 2 is 1.97 bits per heavy atom. The molecule has 2 aromatic carbocycles. The summed E-state index contributed by atoms with van der Waals surface area (Å²) in [6.45, 7) is 4.78. The van der Waals surface area contributed by atoms with E-state index >= 15 is 0 Å². The van der Waals surface area contributed by atoms with Gasteiger partial charge in [0.05, 0.1) is 17.3 Å². The second-order valence-electron chi connectivity index (χ2n) is 7.30. The van der Waals surface area contributed by atoms with E-state index in [1.807, 2.05) is 65.5 Å². The zero-order valence-corrected chi connectivity index (χ0v) is 18.3. The second kappa shape index (κ2) is 8.67. The van der Waals surface area contributed by atoms with Gasteiger partial charge in [0.25, 0.3) is 5.91 Å². The Hall–Kier alpha value is -3.19. The maximum absolute atomic E-state index is 13.0. The molecule has 0 saturated heterocycles. The number of carbonyl (C=O) groups is 1. The maximum atomic E-state index is 13.0. The van der Waals surface area contributed by atoms with Gasteiger partial charge in [0.2, 0.25) is 0 Å². The van der Waals surface area contributed by atoms with Gasteiger partial charge in [0.15, 0.2) is 0 Å². The number of pyridine rings is 1. The van der Waals surface area contributed by atoms with E-state index in [0.29, 0.717) is 12.1 Å². The lowest BCUT2D eigenvalue weighted by molar-refractivity contribution is 0.102. The van der Waals surface area contributed by atoms with Crippen LogP contribution in [0.1, 0.15) is 35.8 Å². The number of fused-ring (bicyclic) bond motifs is 1. The van der Waals surface area contributed by atoms with Crippen LogP contribution in [0.2, 0.25) is 0 Å². The van der Waals surface area contributed by atoms with Crippen LogP contribution in [0.4, 0.5) is 11.4 Å². The van der Waals surface area contributed by atoms with E-state index in [1.54, 1.807) is 6.20 Å². The van der Waals surface area contributed by atoms with Crippen molar-refractivity contribution in [3.05, 3.63) is 82.7 Å². The summed E-state index contributed by atoms with van der Waals surface area (Å²) in [6, 6.07) is 17.5. The van der Waals surface area contributed by atoms with Crippen molar-refractivity contribution < 1.29 is 4.79 Å². The van der Waals surface area contributed by atoms with E-state index < -0.39 is 0 Å². The monoisotopic (exact) mass is 463 g/mol. The minimum atomic E-state index is -0.162. The van der Waals surface area contributed by atoms with E-state index in [1.165, 1.54) is 0 Å². The molecule has 0 radical (unpaired) electrons. The van der Waals surface area contributed by atoms with Crippen LogP contribution in [0.15, 0.2) is 71.6 Å². The fourth-order valence-electron chi connectivity index (χ4n) is 3.33. The van der Waals surface area contributed by atoms with Crippen molar-refractivity contribution in [3.8, 4) is 0 Å². The standard InChI is InChI=1S/C23H22BrN5O/c1-15(2)29-21-8-7-18(12-17(21)14-27-29)28-23(30)19-5-3-4-6-20(19)26-13-16-9-10-25-22(24)11-16/h3-12,14-15,26H,13H2,1-2H3,(H,28,30). The first-order chi connectivity index (χ1) is 14.5. The summed E-state index contributed by atoms with van der Waals surface area (Å²) in [4.78, 5) is 17.1. The SMILES string of the molecule is CC(C)n1ncc2cc(NC(=O)c3ccccc3NCc3ccnc(Br)c3)ccc21. The van der Waals surface area contributed by atoms with Crippen molar-refractivity contribution in [2.45, 2.75) is 26.4 Å². The predicted octanol–water partition coefficient (Wildman–Crippen LogP) is 5.64. The van der Waals surface area contributed by atoms with Gasteiger partial charge in [-0.3, -0.25) is 9.48 Å². The molecule has 0 spiro atoms. The normalized spacial score (nSPS) is 11.1. The third-order valence-electron chi connectivity index (χ3n) is 4.79. The molecule has 4 rings (SSSR count). The molecular formula is C23H22BrN5O. The third-order valence-corrected chi connectivity index (χ3v) is 5.22. The van der Waals surface area contributed by atoms with Crippen LogP contribution >= 0.6 is 15.9 Å². The highest BCUT2D eigenvalue weighted by Crippen LogP contribution is 2.23. The van der Waals surface area contributed by atoms with Crippen LogP contribution in [-0.4, -0.2) is 20.7 Å². The Kier molecular flexibility index (Phi) is 5.81. The molecule has 0 aliphatic rings. The number of aromatic nitrogens is 3. The molecule has 0 unspecified atom stereocenters. The van der Waals surface area contributed by atoms with Gasteiger partial charge in [-0.15, -0.1) is 0 Å². The molecule has 2 N–H and O–H groups in total. The number of anilines is 2. The number of rotatable bonds is 6. The van der Waals surface area contributed by atoms with Crippen molar-refractivity contribution in [2.75, 3.05) is 10.6 Å². The summed E-state index contributed by atoms with van der Waals surface area (Å²) in [7, 11) is 0. The van der Waals surface area contributed by atoms with Crippen LogP contribution in [0.3, 0.4) is 0 Å². The van der Waals surface area contributed by atoms with E-state index in [9.17, 15) is 4.79 Å². The van der Waals surface area contributed by atoms with Crippen molar-refractivity contribution in [1.82, 2.24) is 14.8 Å². The molecule has 4 aromatic rings. The number of hydrogen-bond donors (Lipinski definition) is 2. The fraction of sp³-hybridized carbons (Fsp3) is 0.174. The average molecular weight is 464 g/mol. The predicted molar refractivity (Wildman–Crippen MR) is 124 cm³/mol. The van der Waals surface area contributed by atoms with Crippen LogP contribution in [0.5, 0.6) is 0 Å². The van der Waals surface area contributed by atoms with Gasteiger partial charge in [-0.25, -0.2) is 4.98 Å². The highest BCUT2D eigenvalue weighted by molar-refractivity contribution is 9.10. The number of amides is 1. The number of hydrogen-bond acceptors (Lipinski definition) is 4. The molecule has 0 aliphatic heterocycles. The van der Waals surface area contributed by atoms with E-state index in [0.717, 1.165) is 32.4 Å². The smallest absolute Gasteiger partial charge is 0.257 e. The fourth-order valence-corrected chi connectivity index (χ4v) is 3.74. The quantitative estimate of drug-likeness (QED) is 0.363. The van der Waals surface area contributed by atoms with Crippen molar-refractivity contribution >= 4 is 44.1 Å². The largest absolute Gasteiger partial charge is 0.380 e. The first-order valence-corrected chi connectivity index (χ1v) is 10.5. The zero-order valence-electron chi connectivity index (χ0n) is 16.8. The summed E-state index contributed by atoms with van der Waals surface area (Å²) in [5.41, 5.74) is 4.22. The molecule has 0 aliphatic carbocycles. The summed E-state index contributed by atoms with van der Waals surface area (Å²) in [5, 5.41) is 11.8. The molecule has 1 amide bonds. The minimum Gasteiger partial charge on any atom is -0.380 e. The number of nitrogens with zero attached hydrogens (tertiary/aromatic N) is 3. The highest BCUT2D eigenvalue weighted by Gasteiger charge is 2.13. The summed E-state index contributed by atoms with van der Waals surface area (Å²) in [6.07, 6.45) is 3.57. The van der Waals surface area contributed by atoms with Gasteiger partial charge in [-0.1, -0.05) is 12.1 Å². The van der Waals surface area contributed by atoms with Gasteiger partial charge in [0, 0.05) is 35.5 Å². The highest BCUT2D eigenvalue weighted by atomic mass is 79.9. The number of halogens is 1. The first-order valence-electron chi connectivity index (χ1n) is 9.73. The van der Waals surface area contributed by atoms with Crippen molar-refractivity contribution in [1.29, 1.82) is 0 Å². The molecule has 2 heterocycles.